The molecule has 0 bridgehead atoms. The summed E-state index contributed by atoms with van der Waals surface area (Å²) in [4.78, 5) is 21.3. The van der Waals surface area contributed by atoms with Gasteiger partial charge in [-0.15, -0.1) is 11.3 Å². The first-order valence-corrected chi connectivity index (χ1v) is 9.10. The zero-order valence-corrected chi connectivity index (χ0v) is 15.2. The maximum absolute atomic E-state index is 12.5. The van der Waals surface area contributed by atoms with Gasteiger partial charge in [0, 0.05) is 17.1 Å². The van der Waals surface area contributed by atoms with Gasteiger partial charge in [0.2, 0.25) is 5.91 Å². The van der Waals surface area contributed by atoms with E-state index >= 15 is 0 Å². The second-order valence-electron chi connectivity index (χ2n) is 6.08. The summed E-state index contributed by atoms with van der Waals surface area (Å²) in [5.41, 5.74) is 5.28. The summed E-state index contributed by atoms with van der Waals surface area (Å²) in [5, 5.41) is 9.79. The zero-order valence-electron chi connectivity index (χ0n) is 14.4. The van der Waals surface area contributed by atoms with Gasteiger partial charge in [0.15, 0.2) is 10.8 Å². The number of anilines is 1. The Morgan fingerprint density at radius 3 is 2.69 bits per heavy atom. The fourth-order valence-corrected chi connectivity index (χ4v) is 3.32. The minimum absolute atomic E-state index is 0.140. The third-order valence-corrected chi connectivity index (χ3v) is 4.72. The van der Waals surface area contributed by atoms with E-state index in [9.17, 15) is 4.79 Å². The summed E-state index contributed by atoms with van der Waals surface area (Å²) in [6, 6.07) is 12.0. The van der Waals surface area contributed by atoms with Crippen LogP contribution in [0.4, 0.5) is 5.13 Å². The van der Waals surface area contributed by atoms with Gasteiger partial charge in [-0.3, -0.25) is 4.79 Å². The maximum Gasteiger partial charge on any atom is 0.232 e. The molecule has 6 nitrogen and oxygen atoms in total. The Hall–Kier alpha value is -3.06. The molecule has 130 valence electrons. The van der Waals surface area contributed by atoms with E-state index in [2.05, 4.69) is 15.4 Å². The number of fused-ring (bicyclic) bond motifs is 1. The molecule has 7 heteroatoms. The molecule has 0 fully saturated rings. The van der Waals surface area contributed by atoms with E-state index in [1.807, 2.05) is 55.6 Å². The van der Waals surface area contributed by atoms with Crippen molar-refractivity contribution < 1.29 is 4.79 Å². The average Bonchev–Trinajstić information content (AvgIpc) is 3.24. The molecule has 1 amide bonds. The molecule has 3 heterocycles. The molecule has 4 aromatic rings. The van der Waals surface area contributed by atoms with Crippen LogP contribution in [0.3, 0.4) is 0 Å². The first kappa shape index (κ1) is 16.4. The number of hydrogen-bond donors (Lipinski definition) is 1. The van der Waals surface area contributed by atoms with Crippen molar-refractivity contribution in [2.45, 2.75) is 20.3 Å². The normalized spacial score (nSPS) is 11.0. The Morgan fingerprint density at radius 2 is 1.96 bits per heavy atom. The number of aryl methyl sites for hydroxylation is 2. The molecule has 0 saturated carbocycles. The van der Waals surface area contributed by atoms with Crippen molar-refractivity contribution in [2.24, 2.45) is 0 Å². The van der Waals surface area contributed by atoms with Gasteiger partial charge in [0.05, 0.1) is 23.5 Å². The molecule has 0 radical (unpaired) electrons. The zero-order chi connectivity index (χ0) is 18.1. The van der Waals surface area contributed by atoms with Crippen molar-refractivity contribution >= 4 is 28.0 Å². The number of amides is 1. The maximum atomic E-state index is 12.5. The second kappa shape index (κ2) is 6.68. The van der Waals surface area contributed by atoms with Crippen LogP contribution < -0.4 is 5.32 Å². The largest absolute Gasteiger partial charge is 0.302 e. The van der Waals surface area contributed by atoms with Gasteiger partial charge in [-0.25, -0.2) is 14.5 Å². The Kier molecular flexibility index (Phi) is 4.22. The first-order chi connectivity index (χ1) is 12.6. The molecule has 26 heavy (non-hydrogen) atoms. The van der Waals surface area contributed by atoms with E-state index in [1.54, 1.807) is 10.7 Å². The SMILES string of the molecule is Cc1ccc(-c2nc3ccc(C)nn3c2CC(=O)Nc2nccs2)cc1. The molecular weight excluding hydrogens is 346 g/mol. The lowest BCUT2D eigenvalue weighted by molar-refractivity contribution is -0.115. The van der Waals surface area contributed by atoms with E-state index in [-0.39, 0.29) is 12.3 Å². The van der Waals surface area contributed by atoms with Crippen LogP contribution in [0, 0.1) is 13.8 Å². The van der Waals surface area contributed by atoms with Crippen LogP contribution in [-0.2, 0) is 11.2 Å². The number of benzene rings is 1. The number of carbonyl (C=O) groups is 1. The summed E-state index contributed by atoms with van der Waals surface area (Å²) < 4.78 is 1.76. The topological polar surface area (TPSA) is 72.2 Å². The fraction of sp³-hybridized carbons (Fsp3) is 0.158. The molecule has 1 N–H and O–H groups in total. The predicted octanol–water partition coefficient (Wildman–Crippen LogP) is 3.65. The van der Waals surface area contributed by atoms with E-state index in [1.165, 1.54) is 16.9 Å². The molecule has 3 aromatic heterocycles. The van der Waals surface area contributed by atoms with Crippen LogP contribution in [0.5, 0.6) is 0 Å². The number of imidazole rings is 1. The van der Waals surface area contributed by atoms with Crippen molar-refractivity contribution in [1.82, 2.24) is 19.6 Å². The Labute approximate surface area is 154 Å². The lowest BCUT2D eigenvalue weighted by atomic mass is 10.1. The summed E-state index contributed by atoms with van der Waals surface area (Å²) in [7, 11) is 0. The van der Waals surface area contributed by atoms with Crippen LogP contribution in [-0.4, -0.2) is 25.5 Å². The molecule has 0 aliphatic heterocycles. The number of nitrogens with zero attached hydrogens (tertiary/aromatic N) is 4. The number of thiazole rings is 1. The quantitative estimate of drug-likeness (QED) is 0.601. The monoisotopic (exact) mass is 363 g/mol. The Morgan fingerprint density at radius 1 is 1.15 bits per heavy atom. The van der Waals surface area contributed by atoms with Gasteiger partial charge in [-0.2, -0.15) is 5.10 Å². The Balaban J connectivity index is 1.77. The number of carbonyl (C=O) groups excluding carboxylic acids is 1. The second-order valence-corrected chi connectivity index (χ2v) is 6.97. The van der Waals surface area contributed by atoms with Crippen molar-refractivity contribution in [2.75, 3.05) is 5.32 Å². The van der Waals surface area contributed by atoms with E-state index in [4.69, 9.17) is 4.98 Å². The molecule has 0 unspecified atom stereocenters. The third kappa shape index (κ3) is 3.21. The standard InChI is InChI=1S/C19H17N5OS/c1-12-3-6-14(7-4-12)18-15(11-17(25)22-19-20-9-10-26-19)24-16(21-18)8-5-13(2)23-24/h3-10H,11H2,1-2H3,(H,20,22,25). The highest BCUT2D eigenvalue weighted by Gasteiger charge is 2.18. The van der Waals surface area contributed by atoms with Gasteiger partial charge in [-0.1, -0.05) is 29.8 Å². The van der Waals surface area contributed by atoms with Crippen LogP contribution in [0.15, 0.2) is 48.0 Å². The van der Waals surface area contributed by atoms with Gasteiger partial charge in [-0.05, 0) is 26.0 Å². The van der Waals surface area contributed by atoms with Crippen LogP contribution in [0.1, 0.15) is 17.0 Å². The van der Waals surface area contributed by atoms with Gasteiger partial charge in [0.1, 0.15) is 0 Å². The minimum Gasteiger partial charge on any atom is -0.302 e. The number of aromatic nitrogens is 4. The molecule has 0 aliphatic rings. The molecule has 4 rings (SSSR count). The summed E-state index contributed by atoms with van der Waals surface area (Å²) in [5.74, 6) is -0.140. The summed E-state index contributed by atoms with van der Waals surface area (Å²) >= 11 is 1.39. The lowest BCUT2D eigenvalue weighted by Gasteiger charge is -2.06. The molecular formula is C19H17N5OS. The van der Waals surface area contributed by atoms with E-state index in [0.29, 0.717) is 5.13 Å². The predicted molar refractivity (Wildman–Crippen MR) is 102 cm³/mol. The first-order valence-electron chi connectivity index (χ1n) is 8.22. The van der Waals surface area contributed by atoms with E-state index in [0.717, 1.165) is 28.3 Å². The summed E-state index contributed by atoms with van der Waals surface area (Å²) in [6.45, 7) is 3.96. The Bertz CT molecular complexity index is 1070. The molecule has 0 saturated heterocycles. The number of nitrogens with one attached hydrogen (secondary N) is 1. The smallest absolute Gasteiger partial charge is 0.232 e. The minimum atomic E-state index is -0.140. The molecule has 0 spiro atoms. The van der Waals surface area contributed by atoms with Crippen LogP contribution >= 0.6 is 11.3 Å². The third-order valence-electron chi connectivity index (χ3n) is 4.04. The van der Waals surface area contributed by atoms with E-state index < -0.39 is 0 Å². The highest BCUT2D eigenvalue weighted by molar-refractivity contribution is 7.13. The van der Waals surface area contributed by atoms with Gasteiger partial charge >= 0.3 is 0 Å². The van der Waals surface area contributed by atoms with Crippen LogP contribution in [0.2, 0.25) is 0 Å². The lowest BCUT2D eigenvalue weighted by Crippen LogP contribution is -2.16. The summed E-state index contributed by atoms with van der Waals surface area (Å²) in [6.07, 6.45) is 1.83. The van der Waals surface area contributed by atoms with Crippen molar-refractivity contribution in [3.05, 3.63) is 64.9 Å². The average molecular weight is 363 g/mol. The van der Waals surface area contributed by atoms with Crippen molar-refractivity contribution in [3.63, 3.8) is 0 Å². The van der Waals surface area contributed by atoms with Gasteiger partial charge < -0.3 is 5.32 Å². The van der Waals surface area contributed by atoms with Crippen LogP contribution in [0.25, 0.3) is 16.9 Å². The van der Waals surface area contributed by atoms with Crippen molar-refractivity contribution in [3.8, 4) is 11.3 Å². The molecule has 0 aliphatic carbocycles. The highest BCUT2D eigenvalue weighted by atomic mass is 32.1. The number of hydrogen-bond acceptors (Lipinski definition) is 5. The number of rotatable bonds is 4. The van der Waals surface area contributed by atoms with Crippen molar-refractivity contribution in [1.29, 1.82) is 0 Å². The molecule has 0 atom stereocenters. The fourth-order valence-electron chi connectivity index (χ4n) is 2.77. The molecule has 1 aromatic carbocycles. The highest BCUT2D eigenvalue weighted by Crippen LogP contribution is 2.25. The van der Waals surface area contributed by atoms with Gasteiger partial charge in [0.25, 0.3) is 0 Å².